The molecule has 4 rings (SSSR count). The second-order valence-corrected chi connectivity index (χ2v) is 5.05. The van der Waals surface area contributed by atoms with Crippen molar-refractivity contribution in [2.45, 2.75) is 0 Å². The van der Waals surface area contributed by atoms with Crippen LogP contribution >= 0.6 is 24.3 Å². The summed E-state index contributed by atoms with van der Waals surface area (Å²) in [6.45, 7) is 4.45. The van der Waals surface area contributed by atoms with E-state index in [0.717, 1.165) is 26.7 Å². The molecule has 4 bridgehead atoms. The molecule has 4 aliphatic heterocycles. The van der Waals surface area contributed by atoms with Gasteiger partial charge in [-0.2, -0.15) is 0 Å². The molecule has 10 heavy (non-hydrogen) atoms. The maximum Gasteiger partial charge on any atom is 0.0757 e. The summed E-state index contributed by atoms with van der Waals surface area (Å²) in [5, 5.41) is 0. The molecule has 0 aromatic heterocycles. The maximum absolute atomic E-state index is 2.36. The average molecular weight is 176 g/mol. The van der Waals surface area contributed by atoms with E-state index in [1.165, 1.54) is 0 Å². The topological polar surface area (TPSA) is 13.0 Å². The van der Waals surface area contributed by atoms with E-state index in [0.29, 0.717) is 0 Å². The first-order valence-corrected chi connectivity index (χ1v) is 4.72. The lowest BCUT2D eigenvalue weighted by molar-refractivity contribution is 0.0789. The number of hydrogen-bond donors (Lipinski definition) is 0. The minimum atomic E-state index is 1.11. The zero-order valence-electron chi connectivity index (χ0n) is 5.43. The van der Waals surface area contributed by atoms with E-state index in [-0.39, 0.29) is 0 Å². The van der Waals surface area contributed by atoms with Crippen molar-refractivity contribution in [1.82, 2.24) is 17.2 Å². The van der Waals surface area contributed by atoms with Gasteiger partial charge < -0.3 is 0 Å². The molecular weight excluding hydrogens is 168 g/mol. The van der Waals surface area contributed by atoms with Gasteiger partial charge in [0.2, 0.25) is 0 Å². The van der Waals surface area contributed by atoms with Crippen molar-refractivity contribution in [1.29, 1.82) is 0 Å². The molecule has 56 valence electrons. The third-order valence-electron chi connectivity index (χ3n) is 1.72. The Morgan fingerprint density at radius 3 is 1.20 bits per heavy atom. The van der Waals surface area contributed by atoms with Crippen molar-refractivity contribution in [3.8, 4) is 0 Å². The lowest BCUT2D eigenvalue weighted by Crippen LogP contribution is -2.60. The second-order valence-electron chi connectivity index (χ2n) is 2.66. The van der Waals surface area contributed by atoms with Crippen molar-refractivity contribution >= 4 is 24.3 Å². The Bertz CT molecular complexity index is 107. The molecule has 0 atom stereocenters. The van der Waals surface area contributed by atoms with Gasteiger partial charge in [0.25, 0.3) is 0 Å². The molecule has 0 aliphatic carbocycles. The highest BCUT2D eigenvalue weighted by Crippen LogP contribution is 2.39. The summed E-state index contributed by atoms with van der Waals surface area (Å²) in [7, 11) is 0. The summed E-state index contributed by atoms with van der Waals surface area (Å²) in [4.78, 5) is 0. The van der Waals surface area contributed by atoms with Gasteiger partial charge in [-0.1, -0.05) is 0 Å². The second kappa shape index (κ2) is 2.02. The van der Waals surface area contributed by atoms with E-state index in [9.17, 15) is 0 Å². The highest BCUT2D eigenvalue weighted by molar-refractivity contribution is 7.97. The van der Waals surface area contributed by atoms with Gasteiger partial charge in [0, 0.05) is 24.3 Å². The van der Waals surface area contributed by atoms with Gasteiger partial charge in [0.1, 0.15) is 0 Å². The fraction of sp³-hybridized carbons (Fsp3) is 1.00. The van der Waals surface area contributed by atoms with Crippen molar-refractivity contribution in [3.63, 3.8) is 0 Å². The zero-order chi connectivity index (χ0) is 6.55. The Morgan fingerprint density at radius 2 is 0.900 bits per heavy atom. The molecule has 4 saturated heterocycles. The first kappa shape index (κ1) is 6.10. The van der Waals surface area contributed by atoms with Crippen LogP contribution in [0.4, 0.5) is 0 Å². The molecule has 0 aromatic carbocycles. The van der Waals surface area contributed by atoms with Gasteiger partial charge in [-0.3, -0.25) is 0 Å². The molecule has 6 heteroatoms. The van der Waals surface area contributed by atoms with Crippen LogP contribution in [0.1, 0.15) is 0 Å². The largest absolute Gasteiger partial charge is 0.207 e. The monoisotopic (exact) mass is 176 g/mol. The third kappa shape index (κ3) is 0.806. The molecule has 0 N–H and O–H groups in total. The average Bonchev–Trinajstić information content (AvgIpc) is 1.82. The van der Waals surface area contributed by atoms with Crippen molar-refractivity contribution in [2.24, 2.45) is 0 Å². The van der Waals surface area contributed by atoms with E-state index in [1.807, 2.05) is 24.3 Å². The van der Waals surface area contributed by atoms with Gasteiger partial charge >= 0.3 is 0 Å². The van der Waals surface area contributed by atoms with Crippen LogP contribution in [0, 0.1) is 0 Å². The van der Waals surface area contributed by atoms with E-state index < -0.39 is 0 Å². The summed E-state index contributed by atoms with van der Waals surface area (Å²) in [5.74, 6) is 0. The number of hydrogen-bond acceptors (Lipinski definition) is 6. The first-order valence-electron chi connectivity index (χ1n) is 3.26. The normalized spacial score (nSPS) is 57.6. The standard InChI is InChI=1S/C4H8N4S2/c1-5-2-7-4-8(9-5)3-6(1)10-7/h1-4H2. The lowest BCUT2D eigenvalue weighted by atomic mass is 10.7. The molecule has 0 radical (unpaired) electrons. The van der Waals surface area contributed by atoms with Crippen molar-refractivity contribution in [3.05, 3.63) is 0 Å². The van der Waals surface area contributed by atoms with Crippen LogP contribution in [0.5, 0.6) is 0 Å². The molecule has 0 amide bonds. The van der Waals surface area contributed by atoms with Crippen LogP contribution < -0.4 is 0 Å². The van der Waals surface area contributed by atoms with Crippen LogP contribution in [0.2, 0.25) is 0 Å². The van der Waals surface area contributed by atoms with Crippen LogP contribution in [0.25, 0.3) is 0 Å². The summed E-state index contributed by atoms with van der Waals surface area (Å²) in [5.41, 5.74) is 0. The number of nitrogens with zero attached hydrogens (tertiary/aromatic N) is 4. The SMILES string of the molecule is C1N2CN3CN(CN1S3)S2. The van der Waals surface area contributed by atoms with E-state index in [2.05, 4.69) is 17.2 Å². The highest BCUT2D eigenvalue weighted by atomic mass is 32.2. The molecule has 0 spiro atoms. The molecule has 0 unspecified atom stereocenters. The van der Waals surface area contributed by atoms with E-state index >= 15 is 0 Å². The minimum absolute atomic E-state index is 1.11. The summed E-state index contributed by atoms with van der Waals surface area (Å²) in [6.07, 6.45) is 0. The number of rotatable bonds is 0. The maximum atomic E-state index is 2.36. The van der Waals surface area contributed by atoms with Crippen LogP contribution in [-0.2, 0) is 0 Å². The molecule has 0 aromatic rings. The smallest absolute Gasteiger partial charge is 0.0757 e. The predicted octanol–water partition coefficient (Wildman–Crippen LogP) is 0.192. The Labute approximate surface area is 68.6 Å². The Hall–Kier alpha value is 0.540. The molecule has 4 fully saturated rings. The Morgan fingerprint density at radius 1 is 0.600 bits per heavy atom. The lowest BCUT2D eigenvalue weighted by Gasteiger charge is -2.53. The Balaban J connectivity index is 1.90. The van der Waals surface area contributed by atoms with Gasteiger partial charge in [0.15, 0.2) is 0 Å². The van der Waals surface area contributed by atoms with Crippen molar-refractivity contribution in [2.75, 3.05) is 26.7 Å². The van der Waals surface area contributed by atoms with E-state index in [4.69, 9.17) is 0 Å². The molecule has 4 aliphatic rings. The summed E-state index contributed by atoms with van der Waals surface area (Å²) < 4.78 is 9.46. The van der Waals surface area contributed by atoms with Crippen LogP contribution in [0.15, 0.2) is 0 Å². The quantitative estimate of drug-likeness (QED) is 0.485. The van der Waals surface area contributed by atoms with Gasteiger partial charge in [-0.05, 0) is 0 Å². The fourth-order valence-corrected chi connectivity index (χ4v) is 3.89. The minimum Gasteiger partial charge on any atom is -0.207 e. The van der Waals surface area contributed by atoms with Gasteiger partial charge in [-0.15, -0.1) is 0 Å². The van der Waals surface area contributed by atoms with Gasteiger partial charge in [-0.25, -0.2) is 17.2 Å². The molecule has 4 nitrogen and oxygen atoms in total. The first-order chi connectivity index (χ1) is 4.90. The van der Waals surface area contributed by atoms with E-state index in [1.54, 1.807) is 0 Å². The third-order valence-corrected chi connectivity index (χ3v) is 3.57. The fourth-order valence-electron chi connectivity index (χ4n) is 1.42. The van der Waals surface area contributed by atoms with Gasteiger partial charge in [0.05, 0.1) is 26.7 Å². The van der Waals surface area contributed by atoms with Crippen LogP contribution in [-0.4, -0.2) is 43.9 Å². The van der Waals surface area contributed by atoms with Crippen molar-refractivity contribution < 1.29 is 0 Å². The molecular formula is C4H8N4S2. The Kier molecular flexibility index (Phi) is 1.23. The molecule has 0 saturated carbocycles. The highest BCUT2D eigenvalue weighted by Gasteiger charge is 2.38. The summed E-state index contributed by atoms with van der Waals surface area (Å²) in [6, 6.07) is 0. The predicted molar refractivity (Wildman–Crippen MR) is 42.0 cm³/mol. The molecule has 4 heterocycles. The summed E-state index contributed by atoms with van der Waals surface area (Å²) >= 11 is 3.75. The zero-order valence-corrected chi connectivity index (χ0v) is 7.07. The van der Waals surface area contributed by atoms with Crippen LogP contribution in [0.3, 0.4) is 0 Å².